The summed E-state index contributed by atoms with van der Waals surface area (Å²) in [6.07, 6.45) is 0. The first-order chi connectivity index (χ1) is 5.79. The molecule has 0 aliphatic carbocycles. The summed E-state index contributed by atoms with van der Waals surface area (Å²) < 4.78 is 0.625. The second kappa shape index (κ2) is 2.57. The zero-order valence-electron chi connectivity index (χ0n) is 5.87. The summed E-state index contributed by atoms with van der Waals surface area (Å²) in [5.74, 6) is 0. The molecule has 0 bridgehead atoms. The highest BCUT2D eigenvalue weighted by molar-refractivity contribution is 9.10. The molecule has 5 heteroatoms. The van der Waals surface area contributed by atoms with E-state index in [-0.39, 0.29) is 0 Å². The SMILES string of the molecule is N#Cc1ccc2[nH]c(Br)nc2n1. The van der Waals surface area contributed by atoms with E-state index in [9.17, 15) is 0 Å². The number of rotatable bonds is 0. The Hall–Kier alpha value is -1.41. The fourth-order valence-electron chi connectivity index (χ4n) is 0.926. The molecular weight excluding hydrogens is 220 g/mol. The molecule has 0 saturated carbocycles. The lowest BCUT2D eigenvalue weighted by atomic mass is 10.3. The predicted molar refractivity (Wildman–Crippen MR) is 46.3 cm³/mol. The highest BCUT2D eigenvalue weighted by Gasteiger charge is 2.01. The predicted octanol–water partition coefficient (Wildman–Crippen LogP) is 1.59. The highest BCUT2D eigenvalue weighted by atomic mass is 79.9. The number of aromatic amines is 1. The summed E-state index contributed by atoms with van der Waals surface area (Å²) in [5.41, 5.74) is 1.75. The maximum Gasteiger partial charge on any atom is 0.179 e. The smallest absolute Gasteiger partial charge is 0.179 e. The van der Waals surface area contributed by atoms with E-state index in [1.807, 2.05) is 6.07 Å². The molecule has 0 saturated heterocycles. The number of pyridine rings is 1. The molecular formula is C7H3BrN4. The van der Waals surface area contributed by atoms with E-state index in [1.165, 1.54) is 0 Å². The van der Waals surface area contributed by atoms with Crippen molar-refractivity contribution in [1.82, 2.24) is 15.0 Å². The van der Waals surface area contributed by atoms with Crippen molar-refractivity contribution < 1.29 is 0 Å². The largest absolute Gasteiger partial charge is 0.331 e. The molecule has 4 nitrogen and oxygen atoms in total. The van der Waals surface area contributed by atoms with Crippen molar-refractivity contribution in [2.75, 3.05) is 0 Å². The monoisotopic (exact) mass is 222 g/mol. The molecule has 0 aromatic carbocycles. The molecule has 2 aromatic rings. The lowest BCUT2D eigenvalue weighted by Gasteiger charge is -1.86. The molecule has 1 N–H and O–H groups in total. The first-order valence-electron chi connectivity index (χ1n) is 3.22. The van der Waals surface area contributed by atoms with E-state index in [4.69, 9.17) is 5.26 Å². The van der Waals surface area contributed by atoms with E-state index in [0.29, 0.717) is 16.1 Å². The number of aromatic nitrogens is 3. The van der Waals surface area contributed by atoms with Crippen molar-refractivity contribution in [3.05, 3.63) is 22.6 Å². The van der Waals surface area contributed by atoms with Crippen molar-refractivity contribution in [2.24, 2.45) is 0 Å². The second-order valence-electron chi connectivity index (χ2n) is 2.21. The first kappa shape index (κ1) is 7.25. The molecule has 0 radical (unpaired) electrons. The van der Waals surface area contributed by atoms with Gasteiger partial charge in [-0.05, 0) is 28.1 Å². The van der Waals surface area contributed by atoms with E-state index < -0.39 is 0 Å². The standard InChI is InChI=1S/C7H3BrN4/c8-7-11-5-2-1-4(3-9)10-6(5)12-7/h1-2H,(H,10,11,12). The van der Waals surface area contributed by atoms with E-state index >= 15 is 0 Å². The molecule has 12 heavy (non-hydrogen) atoms. The molecule has 58 valence electrons. The summed E-state index contributed by atoms with van der Waals surface area (Å²) in [6.45, 7) is 0. The summed E-state index contributed by atoms with van der Waals surface area (Å²) in [4.78, 5) is 10.9. The minimum Gasteiger partial charge on any atom is -0.331 e. The van der Waals surface area contributed by atoms with E-state index in [2.05, 4.69) is 30.9 Å². The quantitative estimate of drug-likeness (QED) is 0.737. The third-order valence-electron chi connectivity index (χ3n) is 1.43. The lowest BCUT2D eigenvalue weighted by molar-refractivity contribution is 1.23. The van der Waals surface area contributed by atoms with E-state index in [0.717, 1.165) is 5.52 Å². The summed E-state index contributed by atoms with van der Waals surface area (Å²) >= 11 is 3.18. The van der Waals surface area contributed by atoms with Crippen LogP contribution in [0, 0.1) is 11.3 Å². The Bertz CT molecular complexity index is 468. The lowest BCUT2D eigenvalue weighted by Crippen LogP contribution is -1.81. The van der Waals surface area contributed by atoms with Gasteiger partial charge in [0.05, 0.1) is 5.52 Å². The molecule has 2 heterocycles. The van der Waals surface area contributed by atoms with Gasteiger partial charge in [0.1, 0.15) is 11.8 Å². The van der Waals surface area contributed by atoms with Crippen LogP contribution in [0.1, 0.15) is 5.69 Å². The molecule has 0 fully saturated rings. The molecule has 0 atom stereocenters. The minimum atomic E-state index is 0.376. The fourth-order valence-corrected chi connectivity index (χ4v) is 1.31. The topological polar surface area (TPSA) is 65.4 Å². The van der Waals surface area contributed by atoms with Crippen LogP contribution in [0.15, 0.2) is 16.9 Å². The number of nitrogens with zero attached hydrogens (tertiary/aromatic N) is 3. The average Bonchev–Trinajstić information content (AvgIpc) is 2.43. The summed E-state index contributed by atoms with van der Waals surface area (Å²) in [5, 5.41) is 8.54. The van der Waals surface area contributed by atoms with Crippen LogP contribution in [0.3, 0.4) is 0 Å². The zero-order valence-corrected chi connectivity index (χ0v) is 7.46. The summed E-state index contributed by atoms with van der Waals surface area (Å²) in [6, 6.07) is 5.37. The van der Waals surface area contributed by atoms with Gasteiger partial charge in [-0.3, -0.25) is 0 Å². The van der Waals surface area contributed by atoms with Crippen molar-refractivity contribution in [1.29, 1.82) is 5.26 Å². The van der Waals surface area contributed by atoms with Crippen LogP contribution >= 0.6 is 15.9 Å². The Balaban J connectivity index is 2.77. The first-order valence-corrected chi connectivity index (χ1v) is 4.01. The third kappa shape index (κ3) is 1.06. The van der Waals surface area contributed by atoms with Crippen molar-refractivity contribution in [2.45, 2.75) is 0 Å². The van der Waals surface area contributed by atoms with E-state index in [1.54, 1.807) is 12.1 Å². The van der Waals surface area contributed by atoms with Crippen LogP contribution in [-0.4, -0.2) is 15.0 Å². The van der Waals surface area contributed by atoms with Gasteiger partial charge in [-0.15, -0.1) is 0 Å². The minimum absolute atomic E-state index is 0.376. The number of nitrogens with one attached hydrogen (secondary N) is 1. The van der Waals surface area contributed by atoms with Gasteiger partial charge in [-0.1, -0.05) is 0 Å². The molecule has 2 rings (SSSR count). The number of fused-ring (bicyclic) bond motifs is 1. The molecule has 0 spiro atoms. The molecule has 0 amide bonds. The Labute approximate surface area is 76.4 Å². The number of nitriles is 1. The number of halogens is 1. The van der Waals surface area contributed by atoms with Gasteiger partial charge in [0.2, 0.25) is 0 Å². The molecule has 0 aliphatic rings. The Morgan fingerprint density at radius 2 is 2.25 bits per heavy atom. The number of hydrogen-bond donors (Lipinski definition) is 1. The number of imidazole rings is 1. The molecule has 0 aliphatic heterocycles. The highest BCUT2D eigenvalue weighted by Crippen LogP contribution is 2.12. The fraction of sp³-hybridized carbons (Fsp3) is 0. The van der Waals surface area contributed by atoms with Gasteiger partial charge in [-0.25, -0.2) is 9.97 Å². The summed E-state index contributed by atoms with van der Waals surface area (Å²) in [7, 11) is 0. The van der Waals surface area contributed by atoms with Gasteiger partial charge in [0.25, 0.3) is 0 Å². The van der Waals surface area contributed by atoms with Crippen LogP contribution in [-0.2, 0) is 0 Å². The number of hydrogen-bond acceptors (Lipinski definition) is 3. The van der Waals surface area contributed by atoms with Crippen LogP contribution in [0.25, 0.3) is 11.2 Å². The van der Waals surface area contributed by atoms with Gasteiger partial charge < -0.3 is 4.98 Å². The Kier molecular flexibility index (Phi) is 1.55. The molecule has 2 aromatic heterocycles. The normalized spacial score (nSPS) is 10.0. The van der Waals surface area contributed by atoms with Gasteiger partial charge in [-0.2, -0.15) is 5.26 Å². The number of H-pyrrole nitrogens is 1. The van der Waals surface area contributed by atoms with Crippen LogP contribution in [0.2, 0.25) is 0 Å². The Morgan fingerprint density at radius 1 is 1.42 bits per heavy atom. The average molecular weight is 223 g/mol. The van der Waals surface area contributed by atoms with Gasteiger partial charge in [0, 0.05) is 0 Å². The van der Waals surface area contributed by atoms with Crippen LogP contribution in [0.4, 0.5) is 0 Å². The van der Waals surface area contributed by atoms with Gasteiger partial charge in [0.15, 0.2) is 10.4 Å². The molecule has 0 unspecified atom stereocenters. The maximum absolute atomic E-state index is 8.54. The Morgan fingerprint density at radius 3 is 3.00 bits per heavy atom. The third-order valence-corrected chi connectivity index (χ3v) is 1.81. The zero-order chi connectivity index (χ0) is 8.55. The van der Waals surface area contributed by atoms with Crippen LogP contribution < -0.4 is 0 Å². The van der Waals surface area contributed by atoms with Crippen molar-refractivity contribution >= 4 is 27.1 Å². The van der Waals surface area contributed by atoms with Crippen LogP contribution in [0.5, 0.6) is 0 Å². The van der Waals surface area contributed by atoms with Crippen molar-refractivity contribution in [3.63, 3.8) is 0 Å². The van der Waals surface area contributed by atoms with Gasteiger partial charge >= 0.3 is 0 Å². The second-order valence-corrected chi connectivity index (χ2v) is 2.96. The van der Waals surface area contributed by atoms with Crippen molar-refractivity contribution in [3.8, 4) is 6.07 Å². The maximum atomic E-state index is 8.54.